The first-order valence-electron chi connectivity index (χ1n) is 21.3. The quantitative estimate of drug-likeness (QED) is 0.161. The zero-order valence-corrected chi connectivity index (χ0v) is 34.1. The number of rotatable bonds is 7. The van der Waals surface area contributed by atoms with E-state index in [1.165, 1.54) is 43.8 Å². The molecule has 0 aliphatic carbocycles. The van der Waals surface area contributed by atoms with E-state index in [1.807, 2.05) is 54.6 Å². The largest absolute Gasteiger partial charge is 0.456 e. The molecule has 10 aromatic carbocycles. The van der Waals surface area contributed by atoms with E-state index < -0.39 is 0 Å². The van der Waals surface area contributed by atoms with Crippen molar-refractivity contribution in [2.24, 2.45) is 0 Å². The van der Waals surface area contributed by atoms with Crippen LogP contribution < -0.4 is 0 Å². The third-order valence-corrected chi connectivity index (χ3v) is 12.2. The maximum Gasteiger partial charge on any atom is 0.164 e. The summed E-state index contributed by atoms with van der Waals surface area (Å²) in [6, 6.07) is 78.9. The highest BCUT2D eigenvalue weighted by Crippen LogP contribution is 2.42. The van der Waals surface area contributed by atoms with Gasteiger partial charge in [0.25, 0.3) is 0 Å². The highest BCUT2D eigenvalue weighted by Gasteiger charge is 2.18. The molecule has 294 valence electrons. The fraction of sp³-hybridized carbons (Fsp3) is 0. The van der Waals surface area contributed by atoms with Crippen molar-refractivity contribution in [1.29, 1.82) is 0 Å². The van der Waals surface area contributed by atoms with E-state index in [-0.39, 0.29) is 0 Å². The van der Waals surface area contributed by atoms with Crippen LogP contribution in [0.15, 0.2) is 229 Å². The van der Waals surface area contributed by atoms with Crippen molar-refractivity contribution in [2.45, 2.75) is 0 Å². The molecule has 0 fully saturated rings. The topological polar surface area (TPSA) is 51.8 Å². The predicted molar refractivity (Wildman–Crippen MR) is 260 cm³/mol. The molecule has 63 heavy (non-hydrogen) atoms. The Labute approximate surface area is 364 Å². The Kier molecular flexibility index (Phi) is 8.79. The van der Waals surface area contributed by atoms with Crippen molar-refractivity contribution < 1.29 is 4.42 Å². The molecule has 0 spiro atoms. The highest BCUT2D eigenvalue weighted by molar-refractivity contribution is 6.13. The van der Waals surface area contributed by atoms with Gasteiger partial charge in [-0.05, 0) is 84.3 Å². The summed E-state index contributed by atoms with van der Waals surface area (Å²) >= 11 is 0. The normalized spacial score (nSPS) is 11.5. The number of nitrogens with zero attached hydrogens (tertiary/aromatic N) is 3. The van der Waals surface area contributed by atoms with Gasteiger partial charge in [-0.1, -0.05) is 206 Å². The van der Waals surface area contributed by atoms with Crippen molar-refractivity contribution in [2.75, 3.05) is 0 Å². The Morgan fingerprint density at radius 3 is 1.25 bits per heavy atom. The summed E-state index contributed by atoms with van der Waals surface area (Å²) in [4.78, 5) is 15.2. The molecular formula is C59H37N3O. The first-order chi connectivity index (χ1) is 31.2. The molecule has 0 saturated carbocycles. The molecule has 4 nitrogen and oxygen atoms in total. The second-order valence-corrected chi connectivity index (χ2v) is 15.9. The average Bonchev–Trinajstić information content (AvgIpc) is 3.74. The Morgan fingerprint density at radius 2 is 0.619 bits per heavy atom. The first-order valence-corrected chi connectivity index (χ1v) is 21.3. The summed E-state index contributed by atoms with van der Waals surface area (Å²) in [7, 11) is 0. The number of furan rings is 1. The van der Waals surface area contributed by atoms with Crippen molar-refractivity contribution in [3.8, 4) is 78.7 Å². The SMILES string of the molecule is c1ccc(-c2nc(-c3ccc(-c4ccc(-c5ccc(-c6ccc7c(c6)oc6ccccc67)c6ccccc56)c5ccccc45)cc3)nc(-c3ccccc3-c3ccccc3)n2)cc1. The van der Waals surface area contributed by atoms with E-state index in [2.05, 4.69) is 170 Å². The van der Waals surface area contributed by atoms with Crippen LogP contribution in [0, 0.1) is 0 Å². The van der Waals surface area contributed by atoms with Gasteiger partial charge in [0.15, 0.2) is 17.5 Å². The average molecular weight is 804 g/mol. The van der Waals surface area contributed by atoms with Crippen LogP contribution in [0.3, 0.4) is 0 Å². The van der Waals surface area contributed by atoms with Crippen LogP contribution in [0.2, 0.25) is 0 Å². The van der Waals surface area contributed by atoms with Crippen LogP contribution in [0.4, 0.5) is 0 Å². The minimum atomic E-state index is 0.626. The third kappa shape index (κ3) is 6.44. The second kappa shape index (κ2) is 15.2. The van der Waals surface area contributed by atoms with Gasteiger partial charge in [-0.25, -0.2) is 15.0 Å². The number of hydrogen-bond donors (Lipinski definition) is 0. The van der Waals surface area contributed by atoms with E-state index >= 15 is 0 Å². The van der Waals surface area contributed by atoms with E-state index in [9.17, 15) is 0 Å². The van der Waals surface area contributed by atoms with Crippen molar-refractivity contribution in [3.63, 3.8) is 0 Å². The molecule has 12 aromatic rings. The molecule has 0 aliphatic heterocycles. The van der Waals surface area contributed by atoms with Crippen LogP contribution in [0.25, 0.3) is 122 Å². The monoisotopic (exact) mass is 803 g/mol. The van der Waals surface area contributed by atoms with Gasteiger partial charge < -0.3 is 4.42 Å². The number of hydrogen-bond acceptors (Lipinski definition) is 4. The van der Waals surface area contributed by atoms with Gasteiger partial charge in [0.05, 0.1) is 0 Å². The van der Waals surface area contributed by atoms with E-state index in [0.29, 0.717) is 17.5 Å². The minimum Gasteiger partial charge on any atom is -0.456 e. The van der Waals surface area contributed by atoms with Gasteiger partial charge >= 0.3 is 0 Å². The van der Waals surface area contributed by atoms with Crippen molar-refractivity contribution >= 4 is 43.5 Å². The van der Waals surface area contributed by atoms with Gasteiger partial charge in [0, 0.05) is 27.5 Å². The lowest BCUT2D eigenvalue weighted by Crippen LogP contribution is -2.01. The number of aromatic nitrogens is 3. The fourth-order valence-corrected chi connectivity index (χ4v) is 9.15. The molecule has 0 aliphatic rings. The maximum absolute atomic E-state index is 6.30. The summed E-state index contributed by atoms with van der Waals surface area (Å²) in [5.41, 5.74) is 13.8. The van der Waals surface area contributed by atoms with Crippen LogP contribution in [0.5, 0.6) is 0 Å². The van der Waals surface area contributed by atoms with Gasteiger partial charge in [0.1, 0.15) is 11.2 Å². The predicted octanol–water partition coefficient (Wildman–Crippen LogP) is 15.7. The number of fused-ring (bicyclic) bond motifs is 5. The maximum atomic E-state index is 6.30. The standard InChI is InChI=1S/C59H37N3O/c1-3-15-38(16-4-1)43-19-7-12-25-54(43)59-61-57(40-17-5-2-6-18-40)60-58(62-59)41-29-27-39(28-30-41)44-33-35-50(48-22-10-8-20-46(44)48)51-36-34-45(47-21-9-11-23-49(47)51)42-31-32-53-52-24-13-14-26-55(52)63-56(53)37-42/h1-37H. The van der Waals surface area contributed by atoms with Crippen LogP contribution >= 0.6 is 0 Å². The van der Waals surface area contributed by atoms with Crippen molar-refractivity contribution in [1.82, 2.24) is 15.0 Å². The molecule has 0 N–H and O–H groups in total. The number of benzene rings is 10. The summed E-state index contributed by atoms with van der Waals surface area (Å²) in [6.07, 6.45) is 0. The van der Waals surface area contributed by atoms with Gasteiger partial charge in [-0.3, -0.25) is 0 Å². The van der Waals surface area contributed by atoms with Gasteiger partial charge in [0.2, 0.25) is 0 Å². The second-order valence-electron chi connectivity index (χ2n) is 15.9. The molecule has 12 rings (SSSR count). The molecule has 4 heteroatoms. The van der Waals surface area contributed by atoms with Gasteiger partial charge in [-0.2, -0.15) is 0 Å². The molecule has 0 radical (unpaired) electrons. The Balaban J connectivity index is 0.928. The van der Waals surface area contributed by atoms with E-state index in [0.717, 1.165) is 60.9 Å². The molecule has 0 saturated heterocycles. The zero-order valence-electron chi connectivity index (χ0n) is 34.1. The van der Waals surface area contributed by atoms with E-state index in [1.54, 1.807) is 0 Å². The smallest absolute Gasteiger partial charge is 0.164 e. The summed E-state index contributed by atoms with van der Waals surface area (Å²) < 4.78 is 6.30. The van der Waals surface area contributed by atoms with Crippen molar-refractivity contribution in [3.05, 3.63) is 224 Å². The molecular weight excluding hydrogens is 767 g/mol. The minimum absolute atomic E-state index is 0.626. The van der Waals surface area contributed by atoms with Gasteiger partial charge in [-0.15, -0.1) is 0 Å². The molecule has 0 bridgehead atoms. The van der Waals surface area contributed by atoms with Crippen LogP contribution in [-0.2, 0) is 0 Å². The third-order valence-electron chi connectivity index (χ3n) is 12.2. The highest BCUT2D eigenvalue weighted by atomic mass is 16.3. The molecule has 2 aromatic heterocycles. The lowest BCUT2D eigenvalue weighted by Gasteiger charge is -2.16. The summed E-state index contributed by atoms with van der Waals surface area (Å²) in [6.45, 7) is 0. The Bertz CT molecular complexity index is 3670. The summed E-state index contributed by atoms with van der Waals surface area (Å²) in [5, 5.41) is 7.08. The Hall–Kier alpha value is -8.47. The lowest BCUT2D eigenvalue weighted by atomic mass is 9.88. The fourth-order valence-electron chi connectivity index (χ4n) is 9.15. The summed E-state index contributed by atoms with van der Waals surface area (Å²) in [5.74, 6) is 1.90. The molecule has 0 atom stereocenters. The molecule has 0 unspecified atom stereocenters. The zero-order chi connectivity index (χ0) is 41.7. The van der Waals surface area contributed by atoms with Crippen LogP contribution in [0.1, 0.15) is 0 Å². The number of para-hydroxylation sites is 1. The lowest BCUT2D eigenvalue weighted by molar-refractivity contribution is 0.669. The molecule has 0 amide bonds. The first kappa shape index (κ1) is 36.4. The van der Waals surface area contributed by atoms with Crippen LogP contribution in [-0.4, -0.2) is 15.0 Å². The van der Waals surface area contributed by atoms with E-state index in [4.69, 9.17) is 19.4 Å². The molecule has 2 heterocycles. The Morgan fingerprint density at radius 1 is 0.222 bits per heavy atom.